The molecule has 0 aliphatic rings. The van der Waals surface area contributed by atoms with Gasteiger partial charge in [-0.25, -0.2) is 0 Å². The SMILES string of the molecule is CCCNC(=O)CNC(=O)CNCCOC.Cl. The van der Waals surface area contributed by atoms with E-state index < -0.39 is 0 Å². The molecular weight excluding hydrogens is 246 g/mol. The third-order valence-corrected chi connectivity index (χ3v) is 1.79. The molecule has 0 radical (unpaired) electrons. The van der Waals surface area contributed by atoms with Crippen LogP contribution in [0.3, 0.4) is 0 Å². The van der Waals surface area contributed by atoms with Crippen molar-refractivity contribution in [3.63, 3.8) is 0 Å². The number of methoxy groups -OCH3 is 1. The highest BCUT2D eigenvalue weighted by Crippen LogP contribution is 1.72. The summed E-state index contributed by atoms with van der Waals surface area (Å²) in [4.78, 5) is 22.3. The summed E-state index contributed by atoms with van der Waals surface area (Å²) in [6.45, 7) is 4.02. The maximum absolute atomic E-state index is 11.2. The van der Waals surface area contributed by atoms with Gasteiger partial charge in [-0.05, 0) is 6.42 Å². The number of halogens is 1. The van der Waals surface area contributed by atoms with E-state index in [1.54, 1.807) is 7.11 Å². The van der Waals surface area contributed by atoms with Gasteiger partial charge in [0, 0.05) is 20.2 Å². The smallest absolute Gasteiger partial charge is 0.239 e. The van der Waals surface area contributed by atoms with Crippen LogP contribution in [0.1, 0.15) is 13.3 Å². The number of ether oxygens (including phenoxy) is 1. The minimum absolute atomic E-state index is 0. The molecule has 6 nitrogen and oxygen atoms in total. The maximum Gasteiger partial charge on any atom is 0.239 e. The second-order valence-corrected chi connectivity index (χ2v) is 3.30. The zero-order valence-corrected chi connectivity index (χ0v) is 11.2. The first-order chi connectivity index (χ1) is 7.70. The van der Waals surface area contributed by atoms with Gasteiger partial charge in [-0.1, -0.05) is 6.92 Å². The van der Waals surface area contributed by atoms with Crippen molar-refractivity contribution < 1.29 is 14.3 Å². The third kappa shape index (κ3) is 13.1. The monoisotopic (exact) mass is 267 g/mol. The highest BCUT2D eigenvalue weighted by Gasteiger charge is 2.03. The third-order valence-electron chi connectivity index (χ3n) is 1.79. The Morgan fingerprint density at radius 2 is 1.71 bits per heavy atom. The first-order valence-electron chi connectivity index (χ1n) is 5.43. The second-order valence-electron chi connectivity index (χ2n) is 3.30. The van der Waals surface area contributed by atoms with E-state index in [1.165, 1.54) is 0 Å². The van der Waals surface area contributed by atoms with Gasteiger partial charge in [-0.15, -0.1) is 12.4 Å². The zero-order valence-electron chi connectivity index (χ0n) is 10.4. The highest BCUT2D eigenvalue weighted by atomic mass is 35.5. The minimum atomic E-state index is -0.192. The van der Waals surface area contributed by atoms with Crippen LogP contribution in [-0.4, -0.2) is 51.7 Å². The van der Waals surface area contributed by atoms with Crippen molar-refractivity contribution in [1.29, 1.82) is 0 Å². The van der Waals surface area contributed by atoms with Crippen molar-refractivity contribution in [2.24, 2.45) is 0 Å². The quantitative estimate of drug-likeness (QED) is 0.482. The van der Waals surface area contributed by atoms with Gasteiger partial charge in [0.15, 0.2) is 0 Å². The molecular formula is C10H22ClN3O3. The summed E-state index contributed by atoms with van der Waals surface area (Å²) in [6, 6.07) is 0. The Morgan fingerprint density at radius 1 is 1.06 bits per heavy atom. The van der Waals surface area contributed by atoms with Gasteiger partial charge in [0.2, 0.25) is 11.8 Å². The molecule has 0 aromatic carbocycles. The molecule has 0 aromatic rings. The molecule has 0 aliphatic carbocycles. The number of carbonyl (C=O) groups is 2. The van der Waals surface area contributed by atoms with Gasteiger partial charge >= 0.3 is 0 Å². The second kappa shape index (κ2) is 13.2. The summed E-state index contributed by atoms with van der Waals surface area (Å²) in [5.74, 6) is -0.352. The molecule has 0 atom stereocenters. The van der Waals surface area contributed by atoms with Crippen molar-refractivity contribution in [2.45, 2.75) is 13.3 Å². The fourth-order valence-corrected chi connectivity index (χ4v) is 0.944. The summed E-state index contributed by atoms with van der Waals surface area (Å²) in [6.07, 6.45) is 0.887. The first kappa shape index (κ1) is 18.5. The van der Waals surface area contributed by atoms with Crippen LogP contribution < -0.4 is 16.0 Å². The van der Waals surface area contributed by atoms with Gasteiger partial charge < -0.3 is 20.7 Å². The Morgan fingerprint density at radius 3 is 2.29 bits per heavy atom. The maximum atomic E-state index is 11.2. The molecule has 0 spiro atoms. The zero-order chi connectivity index (χ0) is 12.2. The molecule has 0 bridgehead atoms. The van der Waals surface area contributed by atoms with Crippen molar-refractivity contribution in [3.05, 3.63) is 0 Å². The number of amides is 2. The average molecular weight is 268 g/mol. The Balaban J connectivity index is 0. The topological polar surface area (TPSA) is 79.5 Å². The molecule has 0 rings (SSSR count). The molecule has 0 aromatic heterocycles. The van der Waals surface area contributed by atoms with E-state index >= 15 is 0 Å². The van der Waals surface area contributed by atoms with Crippen LogP contribution in [0.25, 0.3) is 0 Å². The van der Waals surface area contributed by atoms with Gasteiger partial charge in [0.05, 0.1) is 19.7 Å². The lowest BCUT2D eigenvalue weighted by Gasteiger charge is -2.06. The highest BCUT2D eigenvalue weighted by molar-refractivity contribution is 5.85. The fraction of sp³-hybridized carbons (Fsp3) is 0.800. The van der Waals surface area contributed by atoms with Crippen LogP contribution in [-0.2, 0) is 14.3 Å². The van der Waals surface area contributed by atoms with Gasteiger partial charge in [-0.3, -0.25) is 9.59 Å². The van der Waals surface area contributed by atoms with Crippen LogP contribution >= 0.6 is 12.4 Å². The Bertz CT molecular complexity index is 215. The van der Waals surface area contributed by atoms with Crippen LogP contribution in [0.2, 0.25) is 0 Å². The number of hydrogen-bond donors (Lipinski definition) is 3. The van der Waals surface area contributed by atoms with Crippen molar-refractivity contribution in [3.8, 4) is 0 Å². The van der Waals surface area contributed by atoms with Crippen molar-refractivity contribution >= 4 is 24.2 Å². The fourth-order valence-electron chi connectivity index (χ4n) is 0.944. The van der Waals surface area contributed by atoms with E-state index in [0.29, 0.717) is 19.7 Å². The van der Waals surface area contributed by atoms with E-state index in [9.17, 15) is 9.59 Å². The standard InChI is InChI=1S/C10H21N3O3.ClH/c1-3-4-12-10(15)8-13-9(14)7-11-5-6-16-2;/h11H,3-8H2,1-2H3,(H,12,15)(H,13,14);1H. The number of rotatable bonds is 9. The Hall–Kier alpha value is -0.850. The van der Waals surface area contributed by atoms with E-state index in [4.69, 9.17) is 4.74 Å². The lowest BCUT2D eigenvalue weighted by atomic mass is 10.4. The molecule has 0 heterocycles. The summed E-state index contributed by atoms with van der Waals surface area (Å²) < 4.78 is 4.81. The lowest BCUT2D eigenvalue weighted by Crippen LogP contribution is -2.41. The molecule has 0 aliphatic heterocycles. The van der Waals surface area contributed by atoms with Crippen molar-refractivity contribution in [2.75, 3.05) is 39.9 Å². The van der Waals surface area contributed by atoms with Crippen molar-refractivity contribution in [1.82, 2.24) is 16.0 Å². The molecule has 0 saturated carbocycles. The molecule has 2 amide bonds. The first-order valence-corrected chi connectivity index (χ1v) is 5.43. The van der Waals surface area contributed by atoms with E-state index in [1.807, 2.05) is 6.92 Å². The molecule has 102 valence electrons. The Kier molecular flexibility index (Phi) is 14.4. The lowest BCUT2D eigenvalue weighted by molar-refractivity contribution is -0.125. The Labute approximate surface area is 108 Å². The van der Waals surface area contributed by atoms with E-state index in [0.717, 1.165) is 6.42 Å². The minimum Gasteiger partial charge on any atom is -0.383 e. The van der Waals surface area contributed by atoms with Crippen LogP contribution in [0, 0.1) is 0 Å². The normalized spacial score (nSPS) is 9.29. The predicted octanol–water partition coefficient (Wildman–Crippen LogP) is -0.713. The number of nitrogens with one attached hydrogen (secondary N) is 3. The average Bonchev–Trinajstić information content (AvgIpc) is 2.29. The van der Waals surface area contributed by atoms with Crippen LogP contribution in [0.15, 0.2) is 0 Å². The molecule has 0 unspecified atom stereocenters. The molecule has 3 N–H and O–H groups in total. The predicted molar refractivity (Wildman–Crippen MR) is 68.3 cm³/mol. The summed E-state index contributed by atoms with van der Waals surface area (Å²) in [5, 5.41) is 8.07. The number of hydrogen-bond acceptors (Lipinski definition) is 4. The van der Waals surface area contributed by atoms with Gasteiger partial charge in [0.1, 0.15) is 0 Å². The molecule has 17 heavy (non-hydrogen) atoms. The number of carbonyl (C=O) groups excluding carboxylic acids is 2. The van der Waals surface area contributed by atoms with Crippen LogP contribution in [0.5, 0.6) is 0 Å². The van der Waals surface area contributed by atoms with Gasteiger partial charge in [0.25, 0.3) is 0 Å². The van der Waals surface area contributed by atoms with E-state index in [2.05, 4.69) is 16.0 Å². The van der Waals surface area contributed by atoms with E-state index in [-0.39, 0.29) is 37.3 Å². The summed E-state index contributed by atoms with van der Waals surface area (Å²) in [7, 11) is 1.60. The molecule has 0 saturated heterocycles. The van der Waals surface area contributed by atoms with Crippen LogP contribution in [0.4, 0.5) is 0 Å². The van der Waals surface area contributed by atoms with Gasteiger partial charge in [-0.2, -0.15) is 0 Å². The summed E-state index contributed by atoms with van der Waals surface area (Å²) in [5.41, 5.74) is 0. The largest absolute Gasteiger partial charge is 0.383 e. The molecule has 0 fully saturated rings. The summed E-state index contributed by atoms with van der Waals surface area (Å²) >= 11 is 0. The molecule has 7 heteroatoms.